The van der Waals surface area contributed by atoms with Crippen molar-refractivity contribution >= 4 is 5.95 Å². The molecule has 0 aliphatic heterocycles. The minimum Gasteiger partial charge on any atom is -0.481 e. The predicted molar refractivity (Wildman–Crippen MR) is 54.2 cm³/mol. The number of nitrogen functional groups attached to an aromatic ring is 1. The van der Waals surface area contributed by atoms with Gasteiger partial charge in [0, 0.05) is 6.42 Å². The van der Waals surface area contributed by atoms with Gasteiger partial charge in [-0.05, 0) is 0 Å². The molecule has 1 aromatic heterocycles. The second-order valence-electron chi connectivity index (χ2n) is 3.13. The van der Waals surface area contributed by atoms with E-state index in [1.165, 1.54) is 14.2 Å². The van der Waals surface area contributed by atoms with Crippen LogP contribution in [0.3, 0.4) is 0 Å². The quantitative estimate of drug-likeness (QED) is 0.852. The number of hydrogen-bond donors (Lipinski definition) is 1. The standard InChI is InChI=1S/C9H12F3N3O2/c1-16-7-4(3-5(10)6(11)12)8(17-2)15-9(13)14-7/h5-6H,3H2,1-2H3,(H2,13,14,15). The maximum Gasteiger partial charge on any atom is 0.269 e. The third-order valence-corrected chi connectivity index (χ3v) is 2.01. The van der Waals surface area contributed by atoms with Crippen LogP contribution in [0.1, 0.15) is 5.56 Å². The van der Waals surface area contributed by atoms with Crippen LogP contribution in [0, 0.1) is 0 Å². The van der Waals surface area contributed by atoms with Crippen LogP contribution in [0.25, 0.3) is 0 Å². The Hall–Kier alpha value is -1.73. The second kappa shape index (κ2) is 5.55. The molecule has 0 aliphatic carbocycles. The van der Waals surface area contributed by atoms with Gasteiger partial charge in [-0.3, -0.25) is 0 Å². The molecule has 0 aromatic carbocycles. The van der Waals surface area contributed by atoms with E-state index < -0.39 is 19.0 Å². The number of methoxy groups -OCH3 is 2. The van der Waals surface area contributed by atoms with E-state index in [0.717, 1.165) is 0 Å². The van der Waals surface area contributed by atoms with Crippen LogP contribution in [-0.4, -0.2) is 36.8 Å². The van der Waals surface area contributed by atoms with Gasteiger partial charge in [0.15, 0.2) is 6.17 Å². The number of ether oxygens (including phenoxy) is 2. The Labute approximate surface area is 95.8 Å². The van der Waals surface area contributed by atoms with Crippen LogP contribution >= 0.6 is 0 Å². The summed E-state index contributed by atoms with van der Waals surface area (Å²) in [5.41, 5.74) is 5.37. The van der Waals surface area contributed by atoms with Crippen molar-refractivity contribution in [3.63, 3.8) is 0 Å². The fourth-order valence-corrected chi connectivity index (χ4v) is 1.26. The Morgan fingerprint density at radius 1 is 1.12 bits per heavy atom. The number of halogens is 3. The van der Waals surface area contributed by atoms with Gasteiger partial charge < -0.3 is 15.2 Å². The highest BCUT2D eigenvalue weighted by Crippen LogP contribution is 2.28. The Morgan fingerprint density at radius 2 is 1.59 bits per heavy atom. The topological polar surface area (TPSA) is 70.3 Å². The van der Waals surface area contributed by atoms with Crippen LogP contribution in [-0.2, 0) is 6.42 Å². The van der Waals surface area contributed by atoms with Gasteiger partial charge in [-0.2, -0.15) is 9.97 Å². The zero-order chi connectivity index (χ0) is 13.0. The number of nitrogens with zero attached hydrogens (tertiary/aromatic N) is 2. The molecule has 0 saturated carbocycles. The lowest BCUT2D eigenvalue weighted by Crippen LogP contribution is -2.17. The number of rotatable bonds is 5. The fourth-order valence-electron chi connectivity index (χ4n) is 1.26. The molecule has 1 heterocycles. The van der Waals surface area contributed by atoms with E-state index in [0.29, 0.717) is 0 Å². The van der Waals surface area contributed by atoms with Gasteiger partial charge in [0.05, 0.1) is 19.8 Å². The van der Waals surface area contributed by atoms with Gasteiger partial charge >= 0.3 is 0 Å². The monoisotopic (exact) mass is 251 g/mol. The lowest BCUT2D eigenvalue weighted by molar-refractivity contribution is 0.0496. The first kappa shape index (κ1) is 13.3. The SMILES string of the molecule is COc1nc(N)nc(OC)c1CC(F)C(F)F. The summed E-state index contributed by atoms with van der Waals surface area (Å²) in [5, 5.41) is 0. The van der Waals surface area contributed by atoms with Gasteiger partial charge in [-0.25, -0.2) is 13.2 Å². The Kier molecular flexibility index (Phi) is 4.36. The van der Waals surface area contributed by atoms with Crippen LogP contribution in [0.4, 0.5) is 19.1 Å². The first-order valence-corrected chi connectivity index (χ1v) is 4.66. The summed E-state index contributed by atoms with van der Waals surface area (Å²) in [5.74, 6) is -0.287. The number of aromatic nitrogens is 2. The molecule has 0 fully saturated rings. The highest BCUT2D eigenvalue weighted by Gasteiger charge is 2.25. The summed E-state index contributed by atoms with van der Waals surface area (Å²) in [6.45, 7) is 0. The maximum atomic E-state index is 13.0. The number of alkyl halides is 3. The molecule has 5 nitrogen and oxygen atoms in total. The molecule has 1 aromatic rings. The lowest BCUT2D eigenvalue weighted by Gasteiger charge is -2.13. The van der Waals surface area contributed by atoms with Gasteiger partial charge in [-0.15, -0.1) is 0 Å². The molecule has 0 saturated heterocycles. The summed E-state index contributed by atoms with van der Waals surface area (Å²) in [6.07, 6.45) is -6.04. The molecule has 96 valence electrons. The van der Waals surface area contributed by atoms with E-state index >= 15 is 0 Å². The fraction of sp³-hybridized carbons (Fsp3) is 0.556. The van der Waals surface area contributed by atoms with E-state index in [2.05, 4.69) is 9.97 Å². The Bertz CT molecular complexity index is 365. The van der Waals surface area contributed by atoms with Crippen molar-refractivity contribution in [3.05, 3.63) is 5.56 Å². The zero-order valence-corrected chi connectivity index (χ0v) is 9.28. The van der Waals surface area contributed by atoms with Gasteiger partial charge in [0.2, 0.25) is 17.7 Å². The van der Waals surface area contributed by atoms with Crippen molar-refractivity contribution < 1.29 is 22.6 Å². The summed E-state index contributed by atoms with van der Waals surface area (Å²) in [7, 11) is 2.53. The molecule has 0 aliphatic rings. The minimum absolute atomic E-state index is 0.0250. The van der Waals surface area contributed by atoms with E-state index in [-0.39, 0.29) is 23.3 Å². The Morgan fingerprint density at radius 3 is 1.94 bits per heavy atom. The van der Waals surface area contributed by atoms with Crippen LogP contribution in [0.15, 0.2) is 0 Å². The smallest absolute Gasteiger partial charge is 0.269 e. The summed E-state index contributed by atoms with van der Waals surface area (Å²) >= 11 is 0. The summed E-state index contributed by atoms with van der Waals surface area (Å²) in [6, 6.07) is 0. The highest BCUT2D eigenvalue weighted by molar-refractivity contribution is 5.40. The molecule has 0 amide bonds. The van der Waals surface area contributed by atoms with E-state index in [1.807, 2.05) is 0 Å². The molecule has 2 N–H and O–H groups in total. The largest absolute Gasteiger partial charge is 0.481 e. The van der Waals surface area contributed by atoms with Crippen molar-refractivity contribution in [1.82, 2.24) is 9.97 Å². The molecule has 1 atom stereocenters. The van der Waals surface area contributed by atoms with Crippen molar-refractivity contribution in [2.45, 2.75) is 19.0 Å². The molecule has 1 rings (SSSR count). The van der Waals surface area contributed by atoms with Crippen molar-refractivity contribution in [2.75, 3.05) is 20.0 Å². The third kappa shape index (κ3) is 3.11. The summed E-state index contributed by atoms with van der Waals surface area (Å²) < 4.78 is 46.9. The minimum atomic E-state index is -3.10. The van der Waals surface area contributed by atoms with Gasteiger partial charge in [0.25, 0.3) is 6.43 Å². The van der Waals surface area contributed by atoms with E-state index in [9.17, 15) is 13.2 Å². The summed E-state index contributed by atoms with van der Waals surface area (Å²) in [4.78, 5) is 7.33. The molecule has 1 unspecified atom stereocenters. The third-order valence-electron chi connectivity index (χ3n) is 2.01. The number of hydrogen-bond acceptors (Lipinski definition) is 5. The maximum absolute atomic E-state index is 13.0. The molecule has 17 heavy (non-hydrogen) atoms. The molecule has 0 radical (unpaired) electrons. The van der Waals surface area contributed by atoms with Crippen molar-refractivity contribution in [1.29, 1.82) is 0 Å². The van der Waals surface area contributed by atoms with Crippen molar-refractivity contribution in [3.8, 4) is 11.8 Å². The predicted octanol–water partition coefficient (Wildman–Crippen LogP) is 1.22. The lowest BCUT2D eigenvalue weighted by atomic mass is 10.1. The van der Waals surface area contributed by atoms with Gasteiger partial charge in [-0.1, -0.05) is 0 Å². The molecular formula is C9H12F3N3O2. The van der Waals surface area contributed by atoms with Gasteiger partial charge in [0.1, 0.15) is 0 Å². The molecule has 0 spiro atoms. The van der Waals surface area contributed by atoms with Crippen molar-refractivity contribution in [2.24, 2.45) is 0 Å². The Balaban J connectivity index is 3.10. The number of nitrogens with two attached hydrogens (primary N) is 1. The molecule has 8 heteroatoms. The average Bonchev–Trinajstić information content (AvgIpc) is 2.30. The van der Waals surface area contributed by atoms with Crippen LogP contribution in [0.5, 0.6) is 11.8 Å². The normalized spacial score (nSPS) is 12.6. The first-order chi connectivity index (χ1) is 7.99. The first-order valence-electron chi connectivity index (χ1n) is 4.66. The van der Waals surface area contributed by atoms with E-state index in [1.54, 1.807) is 0 Å². The van der Waals surface area contributed by atoms with Crippen LogP contribution < -0.4 is 15.2 Å². The highest BCUT2D eigenvalue weighted by atomic mass is 19.3. The molecular weight excluding hydrogens is 239 g/mol. The second-order valence-corrected chi connectivity index (χ2v) is 3.13. The zero-order valence-electron chi connectivity index (χ0n) is 9.28. The average molecular weight is 251 g/mol. The number of anilines is 1. The van der Waals surface area contributed by atoms with Crippen LogP contribution in [0.2, 0.25) is 0 Å². The molecule has 0 bridgehead atoms. The van der Waals surface area contributed by atoms with E-state index in [4.69, 9.17) is 15.2 Å².